The topological polar surface area (TPSA) is 23.5 Å². The summed E-state index contributed by atoms with van der Waals surface area (Å²) in [4.78, 5) is 2.38. The number of rotatable bonds is 4. The molecule has 1 aromatic carbocycles. The SMILES string of the molecule is CC(O)CN1CCC(Cc2ccccc2)CC1. The van der Waals surface area contributed by atoms with E-state index < -0.39 is 0 Å². The summed E-state index contributed by atoms with van der Waals surface area (Å²) in [6.45, 7) is 4.99. The van der Waals surface area contributed by atoms with E-state index in [0.717, 1.165) is 25.6 Å². The molecule has 2 heteroatoms. The number of hydrogen-bond donors (Lipinski definition) is 1. The minimum absolute atomic E-state index is 0.194. The van der Waals surface area contributed by atoms with Crippen molar-refractivity contribution in [1.82, 2.24) is 4.90 Å². The average Bonchev–Trinajstić information content (AvgIpc) is 2.32. The molecule has 1 N–H and O–H groups in total. The molecule has 1 unspecified atom stereocenters. The van der Waals surface area contributed by atoms with Crippen LogP contribution in [0.2, 0.25) is 0 Å². The van der Waals surface area contributed by atoms with Crippen LogP contribution in [0.15, 0.2) is 30.3 Å². The quantitative estimate of drug-likeness (QED) is 0.862. The number of β-amino-alcohol motifs (C(OH)–C–C–N with tert-alkyl or cyclic N) is 1. The number of benzene rings is 1. The highest BCUT2D eigenvalue weighted by Gasteiger charge is 2.19. The van der Waals surface area contributed by atoms with Crippen molar-refractivity contribution in [2.45, 2.75) is 32.3 Å². The number of aliphatic hydroxyl groups is 1. The highest BCUT2D eigenvalue weighted by Crippen LogP contribution is 2.21. The lowest BCUT2D eigenvalue weighted by molar-refractivity contribution is 0.100. The van der Waals surface area contributed by atoms with Crippen LogP contribution in [0.4, 0.5) is 0 Å². The molecule has 0 aliphatic carbocycles. The minimum Gasteiger partial charge on any atom is -0.392 e. The van der Waals surface area contributed by atoms with E-state index in [9.17, 15) is 5.11 Å². The van der Waals surface area contributed by atoms with Gasteiger partial charge in [-0.2, -0.15) is 0 Å². The molecule has 1 fully saturated rings. The standard InChI is InChI=1S/C15H23NO/c1-13(17)12-16-9-7-15(8-10-16)11-14-5-3-2-4-6-14/h2-6,13,15,17H,7-12H2,1H3. The summed E-state index contributed by atoms with van der Waals surface area (Å²) >= 11 is 0. The lowest BCUT2D eigenvalue weighted by Gasteiger charge is -2.32. The summed E-state index contributed by atoms with van der Waals surface area (Å²) in [5.41, 5.74) is 1.46. The molecule has 0 aromatic heterocycles. The summed E-state index contributed by atoms with van der Waals surface area (Å²) < 4.78 is 0. The molecule has 1 saturated heterocycles. The van der Waals surface area contributed by atoms with Crippen LogP contribution in [0.3, 0.4) is 0 Å². The second kappa shape index (κ2) is 6.18. The van der Waals surface area contributed by atoms with E-state index in [1.807, 2.05) is 6.92 Å². The van der Waals surface area contributed by atoms with Gasteiger partial charge in [-0.25, -0.2) is 0 Å². The van der Waals surface area contributed by atoms with Crippen LogP contribution in [0, 0.1) is 5.92 Å². The minimum atomic E-state index is -0.194. The van der Waals surface area contributed by atoms with Crippen molar-refractivity contribution in [3.8, 4) is 0 Å². The Hall–Kier alpha value is -0.860. The van der Waals surface area contributed by atoms with E-state index in [0.29, 0.717) is 0 Å². The molecule has 1 aromatic rings. The third-order valence-corrected chi connectivity index (χ3v) is 3.60. The fourth-order valence-electron chi connectivity index (χ4n) is 2.69. The van der Waals surface area contributed by atoms with E-state index in [2.05, 4.69) is 35.2 Å². The van der Waals surface area contributed by atoms with Gasteiger partial charge in [-0.15, -0.1) is 0 Å². The third kappa shape index (κ3) is 4.14. The van der Waals surface area contributed by atoms with Gasteiger partial charge in [-0.1, -0.05) is 30.3 Å². The number of hydrogen-bond acceptors (Lipinski definition) is 2. The zero-order chi connectivity index (χ0) is 12.1. The molecule has 1 aliphatic rings. The maximum atomic E-state index is 9.36. The summed E-state index contributed by atoms with van der Waals surface area (Å²) in [5.74, 6) is 0.822. The normalized spacial score (nSPS) is 20.4. The molecule has 0 radical (unpaired) electrons. The van der Waals surface area contributed by atoms with Gasteiger partial charge in [0, 0.05) is 6.54 Å². The molecular formula is C15H23NO. The molecule has 1 heterocycles. The molecule has 17 heavy (non-hydrogen) atoms. The van der Waals surface area contributed by atoms with Crippen LogP contribution in [0.25, 0.3) is 0 Å². The van der Waals surface area contributed by atoms with Gasteiger partial charge in [0.05, 0.1) is 6.10 Å². The molecule has 0 saturated carbocycles. The van der Waals surface area contributed by atoms with Gasteiger partial charge >= 0.3 is 0 Å². The van der Waals surface area contributed by atoms with Crippen molar-refractivity contribution in [3.05, 3.63) is 35.9 Å². The van der Waals surface area contributed by atoms with Crippen LogP contribution in [-0.2, 0) is 6.42 Å². The number of aliphatic hydroxyl groups excluding tert-OH is 1. The van der Waals surface area contributed by atoms with Crippen molar-refractivity contribution in [3.63, 3.8) is 0 Å². The van der Waals surface area contributed by atoms with Crippen LogP contribution < -0.4 is 0 Å². The largest absolute Gasteiger partial charge is 0.392 e. The maximum absolute atomic E-state index is 9.36. The second-order valence-electron chi connectivity index (χ2n) is 5.28. The van der Waals surface area contributed by atoms with Gasteiger partial charge in [-0.05, 0) is 50.8 Å². The molecule has 2 nitrogen and oxygen atoms in total. The van der Waals surface area contributed by atoms with Crippen LogP contribution >= 0.6 is 0 Å². The summed E-state index contributed by atoms with van der Waals surface area (Å²) in [6, 6.07) is 10.8. The molecule has 1 atom stereocenters. The van der Waals surface area contributed by atoms with E-state index >= 15 is 0 Å². The van der Waals surface area contributed by atoms with Crippen molar-refractivity contribution >= 4 is 0 Å². The average molecular weight is 233 g/mol. The Morgan fingerprint density at radius 2 is 1.88 bits per heavy atom. The Bertz CT molecular complexity index is 315. The van der Waals surface area contributed by atoms with E-state index in [-0.39, 0.29) is 6.10 Å². The summed E-state index contributed by atoms with van der Waals surface area (Å²) in [5, 5.41) is 9.36. The maximum Gasteiger partial charge on any atom is 0.0639 e. The Labute approximate surface area is 104 Å². The van der Waals surface area contributed by atoms with Gasteiger partial charge < -0.3 is 10.0 Å². The van der Waals surface area contributed by atoms with Gasteiger partial charge in [-0.3, -0.25) is 0 Å². The molecule has 94 valence electrons. The Balaban J connectivity index is 1.76. The van der Waals surface area contributed by atoms with Gasteiger partial charge in [0.2, 0.25) is 0 Å². The molecule has 2 rings (SSSR count). The van der Waals surface area contributed by atoms with Crippen LogP contribution in [0.5, 0.6) is 0 Å². The lowest BCUT2D eigenvalue weighted by atomic mass is 9.90. The Kier molecular flexibility index (Phi) is 4.57. The van der Waals surface area contributed by atoms with Crippen LogP contribution in [-0.4, -0.2) is 35.7 Å². The zero-order valence-electron chi connectivity index (χ0n) is 10.7. The Morgan fingerprint density at radius 3 is 2.47 bits per heavy atom. The fourth-order valence-corrected chi connectivity index (χ4v) is 2.69. The van der Waals surface area contributed by atoms with E-state index in [4.69, 9.17) is 0 Å². The van der Waals surface area contributed by atoms with Crippen molar-refractivity contribution in [1.29, 1.82) is 0 Å². The summed E-state index contributed by atoms with van der Waals surface area (Å²) in [7, 11) is 0. The molecule has 0 amide bonds. The second-order valence-corrected chi connectivity index (χ2v) is 5.28. The smallest absolute Gasteiger partial charge is 0.0639 e. The Morgan fingerprint density at radius 1 is 1.24 bits per heavy atom. The van der Waals surface area contributed by atoms with E-state index in [1.54, 1.807) is 0 Å². The van der Waals surface area contributed by atoms with Crippen molar-refractivity contribution in [2.24, 2.45) is 5.92 Å². The fraction of sp³-hybridized carbons (Fsp3) is 0.600. The monoisotopic (exact) mass is 233 g/mol. The molecule has 0 bridgehead atoms. The zero-order valence-corrected chi connectivity index (χ0v) is 10.7. The van der Waals surface area contributed by atoms with E-state index in [1.165, 1.54) is 24.8 Å². The molecular weight excluding hydrogens is 210 g/mol. The van der Waals surface area contributed by atoms with Crippen LogP contribution in [0.1, 0.15) is 25.3 Å². The number of nitrogens with zero attached hydrogens (tertiary/aromatic N) is 1. The van der Waals surface area contributed by atoms with Gasteiger partial charge in [0.15, 0.2) is 0 Å². The predicted octanol–water partition coefficient (Wildman–Crippen LogP) is 2.32. The molecule has 0 spiro atoms. The predicted molar refractivity (Wildman–Crippen MR) is 71.0 cm³/mol. The first-order chi connectivity index (χ1) is 8.24. The van der Waals surface area contributed by atoms with Crippen molar-refractivity contribution in [2.75, 3.05) is 19.6 Å². The summed E-state index contributed by atoms with van der Waals surface area (Å²) in [6.07, 6.45) is 3.55. The lowest BCUT2D eigenvalue weighted by Crippen LogP contribution is -2.38. The first-order valence-electron chi connectivity index (χ1n) is 6.68. The first-order valence-corrected chi connectivity index (χ1v) is 6.68. The highest BCUT2D eigenvalue weighted by atomic mass is 16.3. The number of piperidine rings is 1. The number of likely N-dealkylation sites (tertiary alicyclic amines) is 1. The highest BCUT2D eigenvalue weighted by molar-refractivity contribution is 5.15. The third-order valence-electron chi connectivity index (χ3n) is 3.60. The molecule has 1 aliphatic heterocycles. The van der Waals surface area contributed by atoms with Crippen molar-refractivity contribution < 1.29 is 5.11 Å². The first kappa shape index (κ1) is 12.6. The van der Waals surface area contributed by atoms with Gasteiger partial charge in [0.1, 0.15) is 0 Å². The van der Waals surface area contributed by atoms with Gasteiger partial charge in [0.25, 0.3) is 0 Å².